The first-order chi connectivity index (χ1) is 16.7. The molecule has 12 heteroatoms. The van der Waals surface area contributed by atoms with Crippen molar-refractivity contribution >= 4 is 18.0 Å². The monoisotopic (exact) mass is 511 g/mol. The Kier molecular flexibility index (Phi) is 9.26. The van der Waals surface area contributed by atoms with Gasteiger partial charge in [0.2, 0.25) is 0 Å². The fourth-order valence-corrected chi connectivity index (χ4v) is 3.18. The molecule has 0 bridgehead atoms. The predicted octanol–water partition coefficient (Wildman–Crippen LogP) is 3.40. The third-order valence-electron chi connectivity index (χ3n) is 4.81. The molecule has 0 radical (unpaired) electrons. The lowest BCUT2D eigenvalue weighted by Crippen LogP contribution is -2.43. The molecule has 2 aromatic rings. The molecule has 3 N–H and O–H groups in total. The van der Waals surface area contributed by atoms with Crippen LogP contribution in [-0.2, 0) is 22.3 Å². The third kappa shape index (κ3) is 8.75. The SMILES string of the molecule is CC(C)(C)OC(=O)NCCC[C@H](NC(=O)c1cccn(Cc2cccc(C(F)(F)F)c2)c1=O)C(=O)O. The summed E-state index contributed by atoms with van der Waals surface area (Å²) in [6.07, 6.45) is -3.73. The van der Waals surface area contributed by atoms with Gasteiger partial charge in [-0.05, 0) is 63.4 Å². The summed E-state index contributed by atoms with van der Waals surface area (Å²) >= 11 is 0. The lowest BCUT2D eigenvalue weighted by atomic mass is 10.1. The number of nitrogens with zero attached hydrogens (tertiary/aromatic N) is 1. The summed E-state index contributed by atoms with van der Waals surface area (Å²) in [5.41, 5.74) is -2.51. The van der Waals surface area contributed by atoms with E-state index in [2.05, 4.69) is 10.6 Å². The topological polar surface area (TPSA) is 127 Å². The first-order valence-electron chi connectivity index (χ1n) is 11.0. The number of carbonyl (C=O) groups is 3. The molecule has 1 heterocycles. The molecule has 1 aromatic heterocycles. The fraction of sp³-hybridized carbons (Fsp3) is 0.417. The van der Waals surface area contributed by atoms with Gasteiger partial charge in [-0.25, -0.2) is 9.59 Å². The zero-order valence-electron chi connectivity index (χ0n) is 20.0. The Hall–Kier alpha value is -3.83. The molecule has 1 atom stereocenters. The normalized spacial score (nSPS) is 12.5. The molecule has 196 valence electrons. The third-order valence-corrected chi connectivity index (χ3v) is 4.81. The standard InChI is InChI=1S/C24H28F3N3O6/c1-23(2,3)36-22(35)28-11-5-10-18(21(33)34)29-19(31)17-9-6-12-30(20(17)32)14-15-7-4-8-16(13-15)24(25,26)27/h4,6-9,12-13,18H,5,10-11,14H2,1-3H3,(H,28,35)(H,29,31)(H,33,34)/t18-/m0/s1. The highest BCUT2D eigenvalue weighted by Crippen LogP contribution is 2.29. The molecule has 0 unspecified atom stereocenters. The molecule has 1 aromatic carbocycles. The summed E-state index contributed by atoms with van der Waals surface area (Å²) < 4.78 is 45.0. The average Bonchev–Trinajstić information content (AvgIpc) is 2.75. The fourth-order valence-electron chi connectivity index (χ4n) is 3.18. The number of benzene rings is 1. The van der Waals surface area contributed by atoms with E-state index in [4.69, 9.17) is 4.74 Å². The van der Waals surface area contributed by atoms with Crippen LogP contribution in [0.15, 0.2) is 47.4 Å². The van der Waals surface area contributed by atoms with Crippen molar-refractivity contribution in [2.24, 2.45) is 0 Å². The van der Waals surface area contributed by atoms with Crippen LogP contribution in [0.25, 0.3) is 0 Å². The molecule has 0 aliphatic carbocycles. The zero-order valence-corrected chi connectivity index (χ0v) is 20.0. The van der Waals surface area contributed by atoms with Crippen LogP contribution in [0.1, 0.15) is 55.1 Å². The van der Waals surface area contributed by atoms with E-state index in [0.717, 1.165) is 16.7 Å². The number of amides is 2. The maximum absolute atomic E-state index is 13.0. The van der Waals surface area contributed by atoms with Gasteiger partial charge in [0.05, 0.1) is 12.1 Å². The second kappa shape index (κ2) is 11.7. The largest absolute Gasteiger partial charge is 0.480 e. The van der Waals surface area contributed by atoms with Gasteiger partial charge in [-0.15, -0.1) is 0 Å². The molecule has 0 saturated carbocycles. The number of carboxylic acids is 1. The van der Waals surface area contributed by atoms with Crippen molar-refractivity contribution in [2.45, 2.75) is 58.0 Å². The Bertz CT molecular complexity index is 1150. The van der Waals surface area contributed by atoms with Gasteiger partial charge in [0.25, 0.3) is 11.5 Å². The minimum Gasteiger partial charge on any atom is -0.480 e. The van der Waals surface area contributed by atoms with Crippen molar-refractivity contribution in [1.82, 2.24) is 15.2 Å². The second-order valence-electron chi connectivity index (χ2n) is 8.99. The van der Waals surface area contributed by atoms with Crippen LogP contribution in [0.2, 0.25) is 0 Å². The predicted molar refractivity (Wildman–Crippen MR) is 124 cm³/mol. The van der Waals surface area contributed by atoms with Crippen molar-refractivity contribution in [1.29, 1.82) is 0 Å². The number of alkyl carbamates (subject to hydrolysis) is 1. The van der Waals surface area contributed by atoms with Crippen LogP contribution >= 0.6 is 0 Å². The van der Waals surface area contributed by atoms with E-state index in [1.54, 1.807) is 20.8 Å². The van der Waals surface area contributed by atoms with Gasteiger partial charge in [0, 0.05) is 12.7 Å². The minimum absolute atomic E-state index is 0.0396. The lowest BCUT2D eigenvalue weighted by molar-refractivity contribution is -0.139. The number of pyridine rings is 1. The number of ether oxygens (including phenoxy) is 1. The van der Waals surface area contributed by atoms with Crippen LogP contribution in [0.5, 0.6) is 0 Å². The molecule has 0 aliphatic rings. The number of aromatic nitrogens is 1. The average molecular weight is 511 g/mol. The van der Waals surface area contributed by atoms with Crippen molar-refractivity contribution in [2.75, 3.05) is 6.54 Å². The number of hydrogen-bond acceptors (Lipinski definition) is 5. The van der Waals surface area contributed by atoms with E-state index in [9.17, 15) is 37.5 Å². The number of nitrogens with one attached hydrogen (secondary N) is 2. The number of alkyl halides is 3. The van der Waals surface area contributed by atoms with E-state index in [1.807, 2.05) is 0 Å². The Morgan fingerprint density at radius 1 is 1.11 bits per heavy atom. The highest BCUT2D eigenvalue weighted by atomic mass is 19.4. The number of carboxylic acid groups (broad SMARTS) is 1. The first-order valence-corrected chi connectivity index (χ1v) is 11.0. The van der Waals surface area contributed by atoms with Gasteiger partial charge in [0.1, 0.15) is 17.2 Å². The van der Waals surface area contributed by atoms with Crippen molar-refractivity contribution in [3.05, 3.63) is 69.6 Å². The van der Waals surface area contributed by atoms with Crippen LogP contribution in [-0.4, -0.2) is 45.8 Å². The first kappa shape index (κ1) is 28.4. The Morgan fingerprint density at radius 2 is 1.81 bits per heavy atom. The van der Waals surface area contributed by atoms with Gasteiger partial charge in [-0.1, -0.05) is 12.1 Å². The molecule has 0 saturated heterocycles. The quantitative estimate of drug-likeness (QED) is 0.443. The number of aliphatic carboxylic acids is 1. The maximum atomic E-state index is 13.0. The molecular formula is C24H28F3N3O6. The number of rotatable bonds is 9. The summed E-state index contributed by atoms with van der Waals surface area (Å²) in [6.45, 7) is 4.96. The summed E-state index contributed by atoms with van der Waals surface area (Å²) in [7, 11) is 0. The minimum atomic E-state index is -4.54. The van der Waals surface area contributed by atoms with E-state index in [1.165, 1.54) is 30.5 Å². The van der Waals surface area contributed by atoms with E-state index < -0.39 is 46.9 Å². The highest BCUT2D eigenvalue weighted by Gasteiger charge is 2.30. The molecule has 0 fully saturated rings. The summed E-state index contributed by atoms with van der Waals surface area (Å²) in [4.78, 5) is 48.7. The van der Waals surface area contributed by atoms with Gasteiger partial charge >= 0.3 is 18.2 Å². The Balaban J connectivity index is 2.05. The smallest absolute Gasteiger partial charge is 0.416 e. The molecule has 0 aliphatic heterocycles. The molecule has 9 nitrogen and oxygen atoms in total. The van der Waals surface area contributed by atoms with Crippen LogP contribution in [0.3, 0.4) is 0 Å². The van der Waals surface area contributed by atoms with Crippen molar-refractivity contribution in [3.8, 4) is 0 Å². The highest BCUT2D eigenvalue weighted by molar-refractivity contribution is 5.96. The van der Waals surface area contributed by atoms with Crippen molar-refractivity contribution in [3.63, 3.8) is 0 Å². The van der Waals surface area contributed by atoms with E-state index in [-0.39, 0.29) is 37.1 Å². The number of halogens is 3. The Labute approximate surface area is 205 Å². The Morgan fingerprint density at radius 3 is 2.42 bits per heavy atom. The summed E-state index contributed by atoms with van der Waals surface area (Å²) in [6, 6.07) is 5.67. The van der Waals surface area contributed by atoms with E-state index >= 15 is 0 Å². The zero-order chi connectivity index (χ0) is 27.1. The lowest BCUT2D eigenvalue weighted by Gasteiger charge is -2.20. The summed E-state index contributed by atoms with van der Waals surface area (Å²) in [5, 5.41) is 14.2. The molecule has 2 rings (SSSR count). The number of carbonyl (C=O) groups excluding carboxylic acids is 2. The second-order valence-corrected chi connectivity index (χ2v) is 8.99. The maximum Gasteiger partial charge on any atom is 0.416 e. The van der Waals surface area contributed by atoms with Crippen LogP contribution < -0.4 is 16.2 Å². The van der Waals surface area contributed by atoms with Gasteiger partial charge < -0.3 is 25.0 Å². The van der Waals surface area contributed by atoms with Gasteiger partial charge in [-0.2, -0.15) is 13.2 Å². The van der Waals surface area contributed by atoms with E-state index in [0.29, 0.717) is 0 Å². The molecule has 2 amide bonds. The van der Waals surface area contributed by atoms with Crippen molar-refractivity contribution < 1.29 is 37.4 Å². The van der Waals surface area contributed by atoms with Crippen LogP contribution in [0, 0.1) is 0 Å². The number of hydrogen-bond donors (Lipinski definition) is 3. The molecule has 36 heavy (non-hydrogen) atoms. The molecule has 0 spiro atoms. The summed E-state index contributed by atoms with van der Waals surface area (Å²) in [5.74, 6) is -2.27. The molecular weight excluding hydrogens is 483 g/mol. The van der Waals surface area contributed by atoms with Gasteiger partial charge in [0.15, 0.2) is 0 Å². The van der Waals surface area contributed by atoms with Gasteiger partial charge in [-0.3, -0.25) is 9.59 Å². The van der Waals surface area contributed by atoms with Crippen LogP contribution in [0.4, 0.5) is 18.0 Å².